The Morgan fingerprint density at radius 3 is 2.33 bits per heavy atom. The molecule has 1 aromatic carbocycles. The minimum Gasteiger partial charge on any atom is -0.497 e. The van der Waals surface area contributed by atoms with Crippen molar-refractivity contribution in [3.63, 3.8) is 0 Å². The smallest absolute Gasteiger partial charge is 0.304 e. The van der Waals surface area contributed by atoms with Crippen LogP contribution in [0.1, 0.15) is 39.0 Å². The Labute approximate surface area is 125 Å². The molecule has 21 heavy (non-hydrogen) atoms. The third kappa shape index (κ3) is 5.04. The summed E-state index contributed by atoms with van der Waals surface area (Å²) in [6.45, 7) is 2.02. The molecule has 0 aliphatic heterocycles. The average molecular weight is 314 g/mol. The van der Waals surface area contributed by atoms with Crippen LogP contribution >= 0.6 is 0 Å². The first-order chi connectivity index (χ1) is 9.91. The van der Waals surface area contributed by atoms with E-state index < -0.39 is 21.1 Å². The van der Waals surface area contributed by atoms with Crippen LogP contribution in [0.2, 0.25) is 0 Å². The topological polar surface area (TPSA) is 80.7 Å². The fourth-order valence-corrected chi connectivity index (χ4v) is 3.88. The van der Waals surface area contributed by atoms with E-state index in [1.54, 1.807) is 12.1 Å². The average Bonchev–Trinajstić information content (AvgIpc) is 2.46. The Morgan fingerprint density at radius 2 is 1.86 bits per heavy atom. The molecule has 0 bridgehead atoms. The van der Waals surface area contributed by atoms with E-state index >= 15 is 0 Å². The highest BCUT2D eigenvalue weighted by molar-refractivity contribution is 7.92. The second-order valence-corrected chi connectivity index (χ2v) is 7.16. The molecule has 0 aromatic heterocycles. The summed E-state index contributed by atoms with van der Waals surface area (Å²) in [7, 11) is -2.14. The second kappa shape index (κ2) is 8.02. The molecule has 0 saturated carbocycles. The maximum Gasteiger partial charge on any atom is 0.304 e. The second-order valence-electron chi connectivity index (χ2n) is 4.94. The van der Waals surface area contributed by atoms with Crippen LogP contribution in [0.4, 0.5) is 0 Å². The highest BCUT2D eigenvalue weighted by Crippen LogP contribution is 2.24. The molecule has 1 unspecified atom stereocenters. The van der Waals surface area contributed by atoms with Crippen molar-refractivity contribution in [2.45, 2.75) is 49.2 Å². The number of methoxy groups -OCH3 is 1. The molecule has 0 spiro atoms. The van der Waals surface area contributed by atoms with Gasteiger partial charge in [-0.1, -0.05) is 26.2 Å². The molecular weight excluding hydrogens is 292 g/mol. The van der Waals surface area contributed by atoms with Crippen LogP contribution in [0.5, 0.6) is 5.75 Å². The van der Waals surface area contributed by atoms with Crippen LogP contribution < -0.4 is 4.74 Å². The number of carbonyl (C=O) groups is 1. The molecule has 0 aliphatic carbocycles. The predicted molar refractivity (Wildman–Crippen MR) is 80.4 cm³/mol. The van der Waals surface area contributed by atoms with Crippen molar-refractivity contribution in [2.24, 2.45) is 0 Å². The largest absolute Gasteiger partial charge is 0.497 e. The van der Waals surface area contributed by atoms with Gasteiger partial charge < -0.3 is 9.84 Å². The third-order valence-corrected chi connectivity index (χ3v) is 5.57. The molecule has 118 valence electrons. The van der Waals surface area contributed by atoms with E-state index in [-0.39, 0.29) is 11.3 Å². The van der Waals surface area contributed by atoms with Crippen LogP contribution in [-0.2, 0) is 14.6 Å². The number of unbranched alkanes of at least 4 members (excludes halogenated alkanes) is 2. The molecule has 0 fully saturated rings. The van der Waals surface area contributed by atoms with Gasteiger partial charge in [-0.25, -0.2) is 8.42 Å². The molecule has 1 N–H and O–H groups in total. The third-order valence-electron chi connectivity index (χ3n) is 3.36. The van der Waals surface area contributed by atoms with Crippen molar-refractivity contribution in [1.29, 1.82) is 0 Å². The maximum atomic E-state index is 12.6. The van der Waals surface area contributed by atoms with Crippen LogP contribution in [0.25, 0.3) is 0 Å². The molecule has 1 atom stereocenters. The molecule has 0 heterocycles. The summed E-state index contributed by atoms with van der Waals surface area (Å²) < 4.78 is 30.1. The van der Waals surface area contributed by atoms with Gasteiger partial charge in [0, 0.05) is 0 Å². The summed E-state index contributed by atoms with van der Waals surface area (Å²) in [5.74, 6) is -0.525. The number of carboxylic acids is 1. The van der Waals surface area contributed by atoms with E-state index in [2.05, 4.69) is 0 Å². The van der Waals surface area contributed by atoms with Crippen molar-refractivity contribution < 1.29 is 23.1 Å². The van der Waals surface area contributed by atoms with Crippen LogP contribution in [0.15, 0.2) is 29.2 Å². The fraction of sp³-hybridized carbons (Fsp3) is 0.533. The maximum absolute atomic E-state index is 12.6. The summed E-state index contributed by atoms with van der Waals surface area (Å²) in [6.07, 6.45) is 2.58. The first-order valence-corrected chi connectivity index (χ1v) is 8.56. The Morgan fingerprint density at radius 1 is 1.24 bits per heavy atom. The number of sulfone groups is 1. The van der Waals surface area contributed by atoms with Gasteiger partial charge in [0.2, 0.25) is 0 Å². The van der Waals surface area contributed by atoms with Crippen LogP contribution in [0, 0.1) is 0 Å². The summed E-state index contributed by atoms with van der Waals surface area (Å²) in [5.41, 5.74) is 0. The summed E-state index contributed by atoms with van der Waals surface area (Å²) in [6, 6.07) is 6.05. The van der Waals surface area contributed by atoms with E-state index in [4.69, 9.17) is 9.84 Å². The lowest BCUT2D eigenvalue weighted by Gasteiger charge is -2.16. The van der Waals surface area contributed by atoms with Crippen molar-refractivity contribution in [1.82, 2.24) is 0 Å². The number of benzene rings is 1. The van der Waals surface area contributed by atoms with E-state index in [1.807, 2.05) is 6.92 Å². The predicted octanol–water partition coefficient (Wildman–Crippen LogP) is 2.89. The SMILES string of the molecule is CCCCCC(CC(=O)O)S(=O)(=O)c1ccc(OC)cc1. The van der Waals surface area contributed by atoms with Gasteiger partial charge in [0.1, 0.15) is 5.75 Å². The van der Waals surface area contributed by atoms with Gasteiger partial charge >= 0.3 is 5.97 Å². The number of hydrogen-bond acceptors (Lipinski definition) is 4. The number of hydrogen-bond donors (Lipinski definition) is 1. The zero-order valence-corrected chi connectivity index (χ0v) is 13.2. The Hall–Kier alpha value is -1.56. The highest BCUT2D eigenvalue weighted by atomic mass is 32.2. The van der Waals surface area contributed by atoms with Gasteiger partial charge in [0.15, 0.2) is 9.84 Å². The van der Waals surface area contributed by atoms with Gasteiger partial charge in [-0.05, 0) is 30.7 Å². The van der Waals surface area contributed by atoms with Crippen molar-refractivity contribution in [3.8, 4) is 5.75 Å². The molecule has 1 aromatic rings. The van der Waals surface area contributed by atoms with Gasteiger partial charge in [-0.15, -0.1) is 0 Å². The Bertz CT molecular complexity index is 548. The molecule has 0 radical (unpaired) electrons. The van der Waals surface area contributed by atoms with E-state index in [0.29, 0.717) is 18.6 Å². The quantitative estimate of drug-likeness (QED) is 0.709. The zero-order valence-electron chi connectivity index (χ0n) is 12.4. The molecule has 0 aliphatic rings. The number of rotatable bonds is 9. The molecule has 0 amide bonds. The Kier molecular flexibility index (Phi) is 6.68. The minimum absolute atomic E-state index is 0.144. The molecular formula is C15H22O5S. The first kappa shape index (κ1) is 17.5. The summed E-state index contributed by atoms with van der Waals surface area (Å²) in [4.78, 5) is 11.1. The van der Waals surface area contributed by atoms with E-state index in [0.717, 1.165) is 12.8 Å². The Balaban J connectivity index is 2.97. The lowest BCUT2D eigenvalue weighted by molar-refractivity contribution is -0.137. The number of carboxylic acid groups (broad SMARTS) is 1. The molecule has 6 heteroatoms. The molecule has 1 rings (SSSR count). The van der Waals surface area contributed by atoms with Gasteiger partial charge in [-0.2, -0.15) is 0 Å². The molecule has 5 nitrogen and oxygen atoms in total. The van der Waals surface area contributed by atoms with Crippen molar-refractivity contribution >= 4 is 15.8 Å². The minimum atomic E-state index is -3.64. The standard InChI is InChI=1S/C15H22O5S/c1-3-4-5-6-14(11-15(16)17)21(18,19)13-9-7-12(20-2)8-10-13/h7-10,14H,3-6,11H2,1-2H3,(H,16,17). The monoisotopic (exact) mass is 314 g/mol. The van der Waals surface area contributed by atoms with E-state index in [9.17, 15) is 13.2 Å². The normalized spacial score (nSPS) is 12.9. The van der Waals surface area contributed by atoms with Gasteiger partial charge in [0.05, 0.1) is 23.7 Å². The highest BCUT2D eigenvalue weighted by Gasteiger charge is 2.29. The van der Waals surface area contributed by atoms with Gasteiger partial charge in [-0.3, -0.25) is 4.79 Å². The van der Waals surface area contributed by atoms with Crippen LogP contribution in [0.3, 0.4) is 0 Å². The summed E-state index contributed by atoms with van der Waals surface area (Å²) in [5, 5.41) is 8.07. The molecule has 0 saturated heterocycles. The zero-order chi connectivity index (χ0) is 15.9. The number of aliphatic carboxylic acids is 1. The summed E-state index contributed by atoms with van der Waals surface area (Å²) >= 11 is 0. The van der Waals surface area contributed by atoms with Gasteiger partial charge in [0.25, 0.3) is 0 Å². The lowest BCUT2D eigenvalue weighted by Crippen LogP contribution is -2.24. The number of ether oxygens (including phenoxy) is 1. The van der Waals surface area contributed by atoms with E-state index in [1.165, 1.54) is 19.2 Å². The van der Waals surface area contributed by atoms with Crippen LogP contribution in [-0.4, -0.2) is 31.9 Å². The van der Waals surface area contributed by atoms with Crippen molar-refractivity contribution in [2.75, 3.05) is 7.11 Å². The van der Waals surface area contributed by atoms with Crippen molar-refractivity contribution in [3.05, 3.63) is 24.3 Å². The fourth-order valence-electron chi connectivity index (χ4n) is 2.14. The lowest BCUT2D eigenvalue weighted by atomic mass is 10.1. The first-order valence-electron chi connectivity index (χ1n) is 7.01.